The molecule has 1 aliphatic carbocycles. The number of carbonyl (C=O) groups excluding carboxylic acids is 3. The quantitative estimate of drug-likeness (QED) is 0.665. The zero-order chi connectivity index (χ0) is 18.3. The van der Waals surface area contributed by atoms with Gasteiger partial charge in [-0.1, -0.05) is 30.3 Å². The summed E-state index contributed by atoms with van der Waals surface area (Å²) in [4.78, 5) is 36.7. The van der Waals surface area contributed by atoms with Gasteiger partial charge in [0.25, 0.3) is 0 Å². The smallest absolute Gasteiger partial charge is 0.317 e. The Labute approximate surface area is 151 Å². The van der Waals surface area contributed by atoms with E-state index in [-0.39, 0.29) is 30.2 Å². The lowest BCUT2D eigenvalue weighted by molar-refractivity contribution is -0.145. The van der Waals surface area contributed by atoms with Gasteiger partial charge < -0.3 is 10.1 Å². The molecule has 0 radical (unpaired) electrons. The van der Waals surface area contributed by atoms with Gasteiger partial charge in [0.1, 0.15) is 0 Å². The Morgan fingerprint density at radius 2 is 1.88 bits per heavy atom. The number of anilines is 1. The Morgan fingerprint density at radius 1 is 1.15 bits per heavy atom. The van der Waals surface area contributed by atoms with Crippen LogP contribution in [0.3, 0.4) is 0 Å². The van der Waals surface area contributed by atoms with E-state index in [2.05, 4.69) is 5.32 Å². The average molecular weight is 349 g/mol. The molecule has 0 saturated heterocycles. The second kappa shape index (κ2) is 6.09. The number of rotatable bonds is 5. The first-order valence-corrected chi connectivity index (χ1v) is 8.72. The van der Waals surface area contributed by atoms with Crippen LogP contribution in [0, 0.1) is 0 Å². The number of nitrogens with one attached hydrogen (secondary N) is 1. The molecule has 1 aliphatic heterocycles. The van der Waals surface area contributed by atoms with Gasteiger partial charge in [0.2, 0.25) is 5.91 Å². The van der Waals surface area contributed by atoms with E-state index >= 15 is 0 Å². The molecule has 1 atom stereocenters. The molecule has 1 N–H and O–H groups in total. The summed E-state index contributed by atoms with van der Waals surface area (Å²) >= 11 is 0. The first-order valence-electron chi connectivity index (χ1n) is 8.72. The van der Waals surface area contributed by atoms with Crippen molar-refractivity contribution in [3.8, 4) is 0 Å². The van der Waals surface area contributed by atoms with Crippen LogP contribution in [0.5, 0.6) is 0 Å². The topological polar surface area (TPSA) is 72.5 Å². The molecule has 0 unspecified atom stereocenters. The largest absolute Gasteiger partial charge is 0.457 e. The summed E-state index contributed by atoms with van der Waals surface area (Å²) in [6.45, 7) is 1.51. The van der Waals surface area contributed by atoms with Gasteiger partial charge in [-0.05, 0) is 49.1 Å². The van der Waals surface area contributed by atoms with Gasteiger partial charge in [-0.3, -0.25) is 14.4 Å². The Balaban J connectivity index is 1.44. The summed E-state index contributed by atoms with van der Waals surface area (Å²) in [5.41, 5.74) is 2.33. The molecule has 2 aliphatic rings. The molecule has 1 amide bonds. The third-order valence-electron chi connectivity index (χ3n) is 5.29. The highest BCUT2D eigenvalue weighted by atomic mass is 16.5. The molecule has 132 valence electrons. The van der Waals surface area contributed by atoms with E-state index in [0.717, 1.165) is 29.7 Å². The predicted octanol–water partition coefficient (Wildman–Crippen LogP) is 3.20. The SMILES string of the molecule is C[C@@H]1C(=O)Nc2ccc(C(=O)COC(=O)C3(c4ccccc4)CC3)cc21. The summed E-state index contributed by atoms with van der Waals surface area (Å²) < 4.78 is 5.34. The first kappa shape index (κ1) is 16.5. The number of hydrogen-bond acceptors (Lipinski definition) is 4. The molecule has 2 aromatic carbocycles. The summed E-state index contributed by atoms with van der Waals surface area (Å²) in [6.07, 6.45) is 1.49. The van der Waals surface area contributed by atoms with Crippen LogP contribution in [0.15, 0.2) is 48.5 Å². The summed E-state index contributed by atoms with van der Waals surface area (Å²) in [7, 11) is 0. The molecular formula is C21H19NO4. The van der Waals surface area contributed by atoms with Crippen molar-refractivity contribution in [2.24, 2.45) is 0 Å². The number of ether oxygens (including phenoxy) is 1. The van der Waals surface area contributed by atoms with Crippen molar-refractivity contribution < 1.29 is 19.1 Å². The van der Waals surface area contributed by atoms with Gasteiger partial charge in [-0.15, -0.1) is 0 Å². The third-order valence-corrected chi connectivity index (χ3v) is 5.29. The Morgan fingerprint density at radius 3 is 2.58 bits per heavy atom. The maximum absolute atomic E-state index is 12.5. The van der Waals surface area contributed by atoms with E-state index in [9.17, 15) is 14.4 Å². The number of hydrogen-bond donors (Lipinski definition) is 1. The number of carbonyl (C=O) groups is 3. The minimum atomic E-state index is -0.593. The Bertz CT molecular complexity index is 899. The van der Waals surface area contributed by atoms with Gasteiger partial charge in [0.15, 0.2) is 12.4 Å². The van der Waals surface area contributed by atoms with Crippen molar-refractivity contribution in [1.82, 2.24) is 0 Å². The first-order chi connectivity index (χ1) is 12.5. The molecule has 1 fully saturated rings. The van der Waals surface area contributed by atoms with E-state index in [0.29, 0.717) is 5.56 Å². The standard InChI is InChI=1S/C21H19NO4/c1-13-16-11-14(7-8-17(16)22-19(13)24)18(23)12-26-20(25)21(9-10-21)15-5-3-2-4-6-15/h2-8,11,13H,9-10,12H2,1H3,(H,22,24)/t13-/m0/s1. The van der Waals surface area contributed by atoms with Crippen LogP contribution in [-0.4, -0.2) is 24.3 Å². The fourth-order valence-corrected chi connectivity index (χ4v) is 3.44. The van der Waals surface area contributed by atoms with Crippen molar-refractivity contribution >= 4 is 23.3 Å². The van der Waals surface area contributed by atoms with Gasteiger partial charge in [-0.2, -0.15) is 0 Å². The number of Topliss-reactive ketones (excluding diaryl/α,β-unsaturated/α-hetero) is 1. The monoisotopic (exact) mass is 349 g/mol. The summed E-state index contributed by atoms with van der Waals surface area (Å²) in [5.74, 6) is -0.970. The van der Waals surface area contributed by atoms with Gasteiger partial charge in [0.05, 0.1) is 11.3 Å². The van der Waals surface area contributed by atoms with E-state index in [4.69, 9.17) is 4.74 Å². The normalized spacial score (nSPS) is 19.4. The fraction of sp³-hybridized carbons (Fsp3) is 0.286. The van der Waals surface area contributed by atoms with E-state index in [1.807, 2.05) is 30.3 Å². The molecule has 0 aromatic heterocycles. The van der Waals surface area contributed by atoms with Crippen LogP contribution in [-0.2, 0) is 19.7 Å². The maximum atomic E-state index is 12.5. The van der Waals surface area contributed by atoms with Gasteiger partial charge in [-0.25, -0.2) is 0 Å². The van der Waals surface area contributed by atoms with Crippen LogP contribution in [0.25, 0.3) is 0 Å². The lowest BCUT2D eigenvalue weighted by atomic mass is 9.96. The van der Waals surface area contributed by atoms with Crippen LogP contribution in [0.1, 0.15) is 47.2 Å². The van der Waals surface area contributed by atoms with Crippen LogP contribution in [0.2, 0.25) is 0 Å². The molecule has 2 aromatic rings. The van der Waals surface area contributed by atoms with Crippen molar-refractivity contribution in [2.45, 2.75) is 31.1 Å². The van der Waals surface area contributed by atoms with Crippen LogP contribution < -0.4 is 5.32 Å². The molecule has 26 heavy (non-hydrogen) atoms. The van der Waals surface area contributed by atoms with Crippen molar-refractivity contribution in [3.05, 3.63) is 65.2 Å². The number of fused-ring (bicyclic) bond motifs is 1. The molecular weight excluding hydrogens is 330 g/mol. The molecule has 4 rings (SSSR count). The second-order valence-electron chi connectivity index (χ2n) is 6.96. The van der Waals surface area contributed by atoms with Crippen molar-refractivity contribution in [2.75, 3.05) is 11.9 Å². The summed E-state index contributed by atoms with van der Waals surface area (Å²) in [5, 5.41) is 2.77. The molecule has 5 heteroatoms. The molecule has 5 nitrogen and oxygen atoms in total. The molecule has 1 heterocycles. The fourth-order valence-electron chi connectivity index (χ4n) is 3.44. The minimum Gasteiger partial charge on any atom is -0.457 e. The number of ketones is 1. The van der Waals surface area contributed by atoms with Crippen molar-refractivity contribution in [3.63, 3.8) is 0 Å². The number of esters is 1. The summed E-state index contributed by atoms with van der Waals surface area (Å²) in [6, 6.07) is 14.6. The lowest BCUT2D eigenvalue weighted by Crippen LogP contribution is -2.25. The zero-order valence-corrected chi connectivity index (χ0v) is 14.5. The molecule has 0 spiro atoms. The molecule has 0 bridgehead atoms. The molecule has 1 saturated carbocycles. The van der Waals surface area contributed by atoms with Gasteiger partial charge in [0, 0.05) is 11.3 Å². The Hall–Kier alpha value is -2.95. The lowest BCUT2D eigenvalue weighted by Gasteiger charge is -2.14. The van der Waals surface area contributed by atoms with E-state index in [1.54, 1.807) is 25.1 Å². The van der Waals surface area contributed by atoms with E-state index < -0.39 is 5.41 Å². The van der Waals surface area contributed by atoms with E-state index in [1.165, 1.54) is 0 Å². The van der Waals surface area contributed by atoms with Gasteiger partial charge >= 0.3 is 5.97 Å². The number of amides is 1. The highest BCUT2D eigenvalue weighted by molar-refractivity contribution is 6.05. The second-order valence-corrected chi connectivity index (χ2v) is 6.96. The minimum absolute atomic E-state index is 0.0745. The van der Waals surface area contributed by atoms with Crippen LogP contribution >= 0.6 is 0 Å². The third kappa shape index (κ3) is 2.69. The van der Waals surface area contributed by atoms with Crippen molar-refractivity contribution in [1.29, 1.82) is 0 Å². The zero-order valence-electron chi connectivity index (χ0n) is 14.5. The Kier molecular flexibility index (Phi) is 3.87. The average Bonchev–Trinajstić information content (AvgIpc) is 3.43. The highest BCUT2D eigenvalue weighted by Gasteiger charge is 2.52. The van der Waals surface area contributed by atoms with Crippen LogP contribution in [0.4, 0.5) is 5.69 Å². The maximum Gasteiger partial charge on any atom is 0.317 e. The highest BCUT2D eigenvalue weighted by Crippen LogP contribution is 2.49. The predicted molar refractivity (Wildman–Crippen MR) is 96.1 cm³/mol. The number of benzene rings is 2.